The molecule has 3 N–H and O–H groups in total. The first kappa shape index (κ1) is 23.4. The minimum Gasteiger partial charge on any atom is -0.492 e. The van der Waals surface area contributed by atoms with Crippen molar-refractivity contribution in [1.82, 2.24) is 19.4 Å². The van der Waals surface area contributed by atoms with Gasteiger partial charge >= 0.3 is 0 Å². The molecule has 0 bridgehead atoms. The molecule has 1 saturated heterocycles. The van der Waals surface area contributed by atoms with Gasteiger partial charge in [0.15, 0.2) is 0 Å². The summed E-state index contributed by atoms with van der Waals surface area (Å²) in [6.07, 6.45) is 7.39. The molecule has 0 radical (unpaired) electrons. The Hall–Kier alpha value is -3.77. The number of piperidine rings is 1. The van der Waals surface area contributed by atoms with Crippen molar-refractivity contribution in [2.75, 3.05) is 37.4 Å². The van der Waals surface area contributed by atoms with Crippen molar-refractivity contribution >= 4 is 11.8 Å². The number of likely N-dealkylation sites (tertiary alicyclic amines) is 1. The van der Waals surface area contributed by atoms with Crippen LogP contribution < -0.4 is 20.5 Å². The van der Waals surface area contributed by atoms with E-state index in [1.54, 1.807) is 0 Å². The summed E-state index contributed by atoms with van der Waals surface area (Å²) >= 11 is 0. The highest BCUT2D eigenvalue weighted by molar-refractivity contribution is 5.59. The molecule has 0 atom stereocenters. The van der Waals surface area contributed by atoms with Crippen molar-refractivity contribution < 1.29 is 9.47 Å². The molecule has 1 aliphatic rings. The van der Waals surface area contributed by atoms with Gasteiger partial charge in [0.1, 0.15) is 34.6 Å². The Labute approximate surface area is 200 Å². The Kier molecular flexibility index (Phi) is 7.50. The number of anilines is 2. The third-order valence-corrected chi connectivity index (χ3v) is 5.83. The standard InChI is InChI=1S/C25H31N7O2/c1-3-33-21-13-18(14-22(34-4-2)23(21)32-9-5-6-10-32)17-31-11-7-20(8-12-31)29-25-28-16-19(15-26)24(27)30-25/h5-6,9-10,13-14,16,20H,3-4,7-8,11-12,17H2,1-2H3,(H3,27,28,29,30). The maximum atomic E-state index is 8.99. The molecule has 0 spiro atoms. The van der Waals surface area contributed by atoms with Crippen LogP contribution in [0.5, 0.6) is 11.5 Å². The summed E-state index contributed by atoms with van der Waals surface area (Å²) in [5, 5.41) is 12.3. The number of nitrogens with two attached hydrogens (primary N) is 1. The van der Waals surface area contributed by atoms with E-state index in [0.29, 0.717) is 24.7 Å². The topological polar surface area (TPSA) is 114 Å². The van der Waals surface area contributed by atoms with Gasteiger partial charge in [-0.2, -0.15) is 10.2 Å². The van der Waals surface area contributed by atoms with Gasteiger partial charge in [0.2, 0.25) is 5.95 Å². The highest BCUT2D eigenvalue weighted by Gasteiger charge is 2.22. The molecule has 2 aromatic heterocycles. The normalized spacial score (nSPS) is 14.5. The molecule has 4 rings (SSSR count). The van der Waals surface area contributed by atoms with E-state index in [4.69, 9.17) is 20.5 Å². The van der Waals surface area contributed by atoms with Crippen molar-refractivity contribution in [1.29, 1.82) is 5.26 Å². The lowest BCUT2D eigenvalue weighted by Crippen LogP contribution is -2.39. The Morgan fingerprint density at radius 2 is 1.76 bits per heavy atom. The van der Waals surface area contributed by atoms with Crippen LogP contribution in [-0.2, 0) is 6.54 Å². The van der Waals surface area contributed by atoms with Gasteiger partial charge in [0.25, 0.3) is 0 Å². The molecule has 0 saturated carbocycles. The quantitative estimate of drug-likeness (QED) is 0.497. The molecule has 0 aliphatic carbocycles. The van der Waals surface area contributed by atoms with E-state index < -0.39 is 0 Å². The molecule has 0 unspecified atom stereocenters. The molecule has 178 valence electrons. The third-order valence-electron chi connectivity index (χ3n) is 5.83. The van der Waals surface area contributed by atoms with Crippen LogP contribution in [-0.4, -0.2) is 51.8 Å². The van der Waals surface area contributed by atoms with E-state index in [1.165, 1.54) is 6.20 Å². The number of rotatable bonds is 9. The SMILES string of the molecule is CCOc1cc(CN2CCC(Nc3ncc(C#N)c(N)n3)CC2)cc(OCC)c1-n1cccc1. The van der Waals surface area contributed by atoms with E-state index in [9.17, 15) is 0 Å². The van der Waals surface area contributed by atoms with E-state index in [-0.39, 0.29) is 11.9 Å². The van der Waals surface area contributed by atoms with Crippen LogP contribution in [0.2, 0.25) is 0 Å². The van der Waals surface area contributed by atoms with Crippen molar-refractivity contribution in [3.8, 4) is 23.3 Å². The lowest BCUT2D eigenvalue weighted by atomic mass is 10.0. The molecule has 3 aromatic rings. The van der Waals surface area contributed by atoms with Gasteiger partial charge in [-0.25, -0.2) is 4.98 Å². The summed E-state index contributed by atoms with van der Waals surface area (Å²) in [5.74, 6) is 2.33. The second-order valence-corrected chi connectivity index (χ2v) is 8.20. The first-order valence-electron chi connectivity index (χ1n) is 11.7. The minimum atomic E-state index is 0.205. The molecule has 1 aliphatic heterocycles. The lowest BCUT2D eigenvalue weighted by Gasteiger charge is -2.32. The summed E-state index contributed by atoms with van der Waals surface area (Å²) in [7, 11) is 0. The van der Waals surface area contributed by atoms with Crippen molar-refractivity contribution in [2.24, 2.45) is 0 Å². The zero-order valence-corrected chi connectivity index (χ0v) is 19.7. The van der Waals surface area contributed by atoms with E-state index >= 15 is 0 Å². The van der Waals surface area contributed by atoms with Crippen LogP contribution in [0.25, 0.3) is 5.69 Å². The molecule has 1 fully saturated rings. The molecule has 9 nitrogen and oxygen atoms in total. The maximum absolute atomic E-state index is 8.99. The number of nitrogens with one attached hydrogen (secondary N) is 1. The molecule has 1 aromatic carbocycles. The van der Waals surface area contributed by atoms with Crippen molar-refractivity contribution in [2.45, 2.75) is 39.3 Å². The summed E-state index contributed by atoms with van der Waals surface area (Å²) < 4.78 is 14.1. The molecule has 3 heterocycles. The first-order chi connectivity index (χ1) is 16.6. The van der Waals surface area contributed by atoms with Gasteiger partial charge in [0, 0.05) is 38.1 Å². The first-order valence-corrected chi connectivity index (χ1v) is 11.7. The number of benzene rings is 1. The van der Waals surface area contributed by atoms with Gasteiger partial charge in [-0.1, -0.05) is 0 Å². The van der Waals surface area contributed by atoms with Crippen LogP contribution in [0.3, 0.4) is 0 Å². The highest BCUT2D eigenvalue weighted by atomic mass is 16.5. The van der Waals surface area contributed by atoms with Crippen LogP contribution in [0.4, 0.5) is 11.8 Å². The Morgan fingerprint density at radius 1 is 1.12 bits per heavy atom. The van der Waals surface area contributed by atoms with E-state index in [1.807, 2.05) is 49.0 Å². The summed E-state index contributed by atoms with van der Waals surface area (Å²) in [6, 6.07) is 10.5. The van der Waals surface area contributed by atoms with Gasteiger partial charge in [0.05, 0.1) is 19.4 Å². The van der Waals surface area contributed by atoms with Gasteiger partial charge < -0.3 is 25.1 Å². The summed E-state index contributed by atoms with van der Waals surface area (Å²) in [5.41, 5.74) is 8.20. The number of hydrogen-bond acceptors (Lipinski definition) is 8. The molecular weight excluding hydrogens is 430 g/mol. The van der Waals surface area contributed by atoms with Crippen LogP contribution in [0.15, 0.2) is 42.9 Å². The number of ether oxygens (including phenoxy) is 2. The Bertz CT molecular complexity index is 1110. The molecule has 0 amide bonds. The van der Waals surface area contributed by atoms with E-state index in [2.05, 4.69) is 32.3 Å². The number of hydrogen-bond donors (Lipinski definition) is 2. The minimum absolute atomic E-state index is 0.205. The predicted molar refractivity (Wildman–Crippen MR) is 131 cm³/mol. The Morgan fingerprint density at radius 3 is 2.32 bits per heavy atom. The Balaban J connectivity index is 1.43. The number of aromatic nitrogens is 3. The third kappa shape index (κ3) is 5.41. The average molecular weight is 462 g/mol. The second kappa shape index (κ2) is 10.9. The zero-order chi connectivity index (χ0) is 23.9. The van der Waals surface area contributed by atoms with E-state index in [0.717, 1.165) is 55.2 Å². The molecular formula is C25H31N7O2. The fourth-order valence-electron chi connectivity index (χ4n) is 4.22. The fourth-order valence-corrected chi connectivity index (χ4v) is 4.22. The zero-order valence-electron chi connectivity index (χ0n) is 19.7. The fraction of sp³-hybridized carbons (Fsp3) is 0.400. The molecule has 34 heavy (non-hydrogen) atoms. The maximum Gasteiger partial charge on any atom is 0.224 e. The number of nitriles is 1. The van der Waals surface area contributed by atoms with Crippen LogP contribution >= 0.6 is 0 Å². The van der Waals surface area contributed by atoms with Crippen molar-refractivity contribution in [3.05, 3.63) is 54.0 Å². The monoisotopic (exact) mass is 461 g/mol. The second-order valence-electron chi connectivity index (χ2n) is 8.20. The highest BCUT2D eigenvalue weighted by Crippen LogP contribution is 2.35. The number of nitrogen functional groups attached to an aromatic ring is 1. The molecule has 9 heteroatoms. The van der Waals surface area contributed by atoms with Gasteiger partial charge in [-0.05, 0) is 56.5 Å². The number of nitrogens with zero attached hydrogens (tertiary/aromatic N) is 5. The van der Waals surface area contributed by atoms with Gasteiger partial charge in [-0.3, -0.25) is 4.90 Å². The van der Waals surface area contributed by atoms with Crippen LogP contribution in [0.1, 0.15) is 37.8 Å². The summed E-state index contributed by atoms with van der Waals surface area (Å²) in [6.45, 7) is 7.86. The largest absolute Gasteiger partial charge is 0.492 e. The summed E-state index contributed by atoms with van der Waals surface area (Å²) in [4.78, 5) is 10.8. The average Bonchev–Trinajstić information content (AvgIpc) is 3.35. The lowest BCUT2D eigenvalue weighted by molar-refractivity contribution is 0.210. The predicted octanol–water partition coefficient (Wildman–Crippen LogP) is 3.60. The van der Waals surface area contributed by atoms with Crippen molar-refractivity contribution in [3.63, 3.8) is 0 Å². The van der Waals surface area contributed by atoms with Crippen LogP contribution in [0, 0.1) is 11.3 Å². The smallest absolute Gasteiger partial charge is 0.224 e. The van der Waals surface area contributed by atoms with Gasteiger partial charge in [-0.15, -0.1) is 0 Å².